The minimum Gasteiger partial charge on any atom is -0.310 e. The first-order valence-corrected chi connectivity index (χ1v) is 12.6. The first-order valence-electron chi connectivity index (χ1n) is 12.6. The van der Waals surface area contributed by atoms with Crippen molar-refractivity contribution in [3.05, 3.63) is 137 Å². The van der Waals surface area contributed by atoms with Crippen LogP contribution in [-0.2, 0) is 6.54 Å². The van der Waals surface area contributed by atoms with Crippen LogP contribution in [0.4, 0.5) is 19.3 Å². The van der Waals surface area contributed by atoms with Crippen molar-refractivity contribution in [2.45, 2.75) is 25.9 Å². The molecule has 5 rings (SSSR count). The zero-order valence-electron chi connectivity index (χ0n) is 21.2. The number of anilines is 1. The molecule has 5 aromatic rings. The summed E-state index contributed by atoms with van der Waals surface area (Å²) in [5, 5.41) is 3.03. The minimum atomic E-state index is -0.888. The number of aromatic nitrogens is 2. The largest absolute Gasteiger partial charge is 0.322 e. The summed E-state index contributed by atoms with van der Waals surface area (Å²) in [6.45, 7) is 2.05. The first-order chi connectivity index (χ1) is 19.0. The monoisotopic (exact) mass is 524 g/mol. The predicted octanol–water partition coefficient (Wildman–Crippen LogP) is 6.85. The number of rotatable bonds is 7. The molecule has 2 amide bonds. The number of fused-ring (bicyclic) bond motifs is 1. The van der Waals surface area contributed by atoms with Crippen LogP contribution in [0.2, 0.25) is 0 Å². The third-order valence-corrected chi connectivity index (χ3v) is 6.51. The van der Waals surface area contributed by atoms with Gasteiger partial charge in [0.2, 0.25) is 0 Å². The number of benzene rings is 4. The van der Waals surface area contributed by atoms with Crippen LogP contribution in [0.15, 0.2) is 108 Å². The maximum atomic E-state index is 14.5. The van der Waals surface area contributed by atoms with E-state index in [1.165, 1.54) is 15.5 Å². The summed E-state index contributed by atoms with van der Waals surface area (Å²) in [5.41, 5.74) is 1.54. The van der Waals surface area contributed by atoms with Crippen LogP contribution in [0.3, 0.4) is 0 Å². The van der Waals surface area contributed by atoms with E-state index in [9.17, 15) is 18.4 Å². The first kappa shape index (κ1) is 25.8. The van der Waals surface area contributed by atoms with Crippen LogP contribution in [0.1, 0.15) is 30.8 Å². The standard InChI is InChI=1S/C31H26F2N4O2/c1-2-28(29-34-26-16-10-9-15-24(26)30(38)37(29)23-13-7-4-8-14-23)36(20-21-11-5-3-6-12-21)31(39)35-27-18-17-22(32)19-25(27)33/h3-19,28H,2,20H2,1H3,(H,35,39). The van der Waals surface area contributed by atoms with Gasteiger partial charge in [0.15, 0.2) is 0 Å². The Hall–Kier alpha value is -4.85. The molecule has 1 heterocycles. The Morgan fingerprint density at radius 1 is 0.923 bits per heavy atom. The fourth-order valence-electron chi connectivity index (χ4n) is 4.62. The zero-order chi connectivity index (χ0) is 27.4. The highest BCUT2D eigenvalue weighted by molar-refractivity contribution is 5.89. The third kappa shape index (κ3) is 5.40. The molecule has 1 atom stereocenters. The summed E-state index contributed by atoms with van der Waals surface area (Å²) < 4.78 is 29.5. The van der Waals surface area contributed by atoms with E-state index in [4.69, 9.17) is 4.98 Å². The average Bonchev–Trinajstić information content (AvgIpc) is 2.95. The Balaban J connectivity index is 1.67. The van der Waals surface area contributed by atoms with Gasteiger partial charge in [0.25, 0.3) is 5.56 Å². The molecular formula is C31H26F2N4O2. The van der Waals surface area contributed by atoms with Crippen LogP contribution in [0, 0.1) is 11.6 Å². The van der Waals surface area contributed by atoms with Gasteiger partial charge >= 0.3 is 6.03 Å². The van der Waals surface area contributed by atoms with Crippen molar-refractivity contribution in [1.82, 2.24) is 14.5 Å². The molecule has 0 radical (unpaired) electrons. The van der Waals surface area contributed by atoms with Crippen molar-refractivity contribution in [2.75, 3.05) is 5.32 Å². The fraction of sp³-hybridized carbons (Fsp3) is 0.129. The van der Waals surface area contributed by atoms with Crippen molar-refractivity contribution in [2.24, 2.45) is 0 Å². The maximum Gasteiger partial charge on any atom is 0.322 e. The summed E-state index contributed by atoms with van der Waals surface area (Å²) >= 11 is 0. The van der Waals surface area contributed by atoms with Crippen LogP contribution < -0.4 is 10.9 Å². The average molecular weight is 525 g/mol. The molecule has 0 aliphatic rings. The Bertz CT molecular complexity index is 1670. The fourth-order valence-corrected chi connectivity index (χ4v) is 4.62. The molecule has 196 valence electrons. The molecule has 4 aromatic carbocycles. The highest BCUT2D eigenvalue weighted by Crippen LogP contribution is 2.29. The van der Waals surface area contributed by atoms with E-state index in [1.807, 2.05) is 67.6 Å². The molecule has 0 aliphatic heterocycles. The van der Waals surface area contributed by atoms with Gasteiger partial charge < -0.3 is 10.2 Å². The molecule has 8 heteroatoms. The molecule has 1 aromatic heterocycles. The van der Waals surface area contributed by atoms with Crippen molar-refractivity contribution in [3.8, 4) is 5.69 Å². The Morgan fingerprint density at radius 3 is 2.28 bits per heavy atom. The zero-order valence-corrected chi connectivity index (χ0v) is 21.2. The minimum absolute atomic E-state index is 0.152. The number of amides is 2. The van der Waals surface area contributed by atoms with Gasteiger partial charge in [0, 0.05) is 12.6 Å². The maximum absolute atomic E-state index is 14.5. The highest BCUT2D eigenvalue weighted by Gasteiger charge is 2.30. The number of hydrogen-bond donors (Lipinski definition) is 1. The highest BCUT2D eigenvalue weighted by atomic mass is 19.1. The summed E-state index contributed by atoms with van der Waals surface area (Å²) in [5.74, 6) is -1.26. The Labute approximate surface area is 224 Å². The molecule has 1 N–H and O–H groups in total. The molecule has 0 fully saturated rings. The van der Waals surface area contributed by atoms with Gasteiger partial charge in [-0.2, -0.15) is 0 Å². The lowest BCUT2D eigenvalue weighted by Gasteiger charge is -2.32. The summed E-state index contributed by atoms with van der Waals surface area (Å²) in [6.07, 6.45) is 0.407. The predicted molar refractivity (Wildman–Crippen MR) is 148 cm³/mol. The summed E-state index contributed by atoms with van der Waals surface area (Å²) in [4.78, 5) is 34.0. The van der Waals surface area contributed by atoms with Gasteiger partial charge in [-0.25, -0.2) is 18.6 Å². The number of carbonyl (C=O) groups is 1. The number of hydrogen-bond acceptors (Lipinski definition) is 3. The number of urea groups is 1. The van der Waals surface area contributed by atoms with Gasteiger partial charge in [0.05, 0.1) is 28.3 Å². The van der Waals surface area contributed by atoms with Crippen LogP contribution in [-0.4, -0.2) is 20.5 Å². The number of nitrogens with zero attached hydrogens (tertiary/aromatic N) is 3. The second-order valence-electron chi connectivity index (χ2n) is 9.06. The van der Waals surface area contributed by atoms with Gasteiger partial charge in [-0.15, -0.1) is 0 Å². The lowest BCUT2D eigenvalue weighted by molar-refractivity contribution is 0.177. The molecule has 1 unspecified atom stereocenters. The quantitative estimate of drug-likeness (QED) is 0.253. The normalized spacial score (nSPS) is 11.8. The molecule has 6 nitrogen and oxygen atoms in total. The van der Waals surface area contributed by atoms with E-state index in [0.717, 1.165) is 11.6 Å². The lowest BCUT2D eigenvalue weighted by atomic mass is 10.1. The Kier molecular flexibility index (Phi) is 7.45. The molecule has 39 heavy (non-hydrogen) atoms. The Morgan fingerprint density at radius 2 is 1.59 bits per heavy atom. The van der Waals surface area contributed by atoms with Gasteiger partial charge in [-0.3, -0.25) is 9.36 Å². The molecule has 0 spiro atoms. The van der Waals surface area contributed by atoms with E-state index in [0.29, 0.717) is 34.9 Å². The molecule has 0 saturated heterocycles. The van der Waals surface area contributed by atoms with E-state index >= 15 is 0 Å². The molecule has 0 aliphatic carbocycles. The second kappa shape index (κ2) is 11.3. The van der Waals surface area contributed by atoms with E-state index in [-0.39, 0.29) is 17.8 Å². The smallest absolute Gasteiger partial charge is 0.310 e. The number of carbonyl (C=O) groups excluding carboxylic acids is 1. The number of nitrogens with one attached hydrogen (secondary N) is 1. The number of halogens is 2. The second-order valence-corrected chi connectivity index (χ2v) is 9.06. The number of para-hydroxylation sites is 2. The van der Waals surface area contributed by atoms with Crippen molar-refractivity contribution in [1.29, 1.82) is 0 Å². The molecule has 0 saturated carbocycles. The van der Waals surface area contributed by atoms with E-state index in [1.54, 1.807) is 24.3 Å². The summed E-state index contributed by atoms with van der Waals surface area (Å²) in [6, 6.07) is 27.2. The van der Waals surface area contributed by atoms with Crippen LogP contribution in [0.25, 0.3) is 16.6 Å². The van der Waals surface area contributed by atoms with Crippen LogP contribution >= 0.6 is 0 Å². The molecule has 0 bridgehead atoms. The van der Waals surface area contributed by atoms with Crippen molar-refractivity contribution >= 4 is 22.6 Å². The van der Waals surface area contributed by atoms with Crippen molar-refractivity contribution in [3.63, 3.8) is 0 Å². The van der Waals surface area contributed by atoms with E-state index in [2.05, 4.69) is 5.32 Å². The van der Waals surface area contributed by atoms with Gasteiger partial charge in [-0.1, -0.05) is 67.6 Å². The SMILES string of the molecule is CCC(c1nc2ccccc2c(=O)n1-c1ccccc1)N(Cc1ccccc1)C(=O)Nc1ccc(F)cc1F. The van der Waals surface area contributed by atoms with Crippen LogP contribution in [0.5, 0.6) is 0 Å². The third-order valence-electron chi connectivity index (χ3n) is 6.51. The van der Waals surface area contributed by atoms with E-state index < -0.39 is 23.7 Å². The van der Waals surface area contributed by atoms with Gasteiger partial charge in [0.1, 0.15) is 17.5 Å². The topological polar surface area (TPSA) is 67.2 Å². The lowest BCUT2D eigenvalue weighted by Crippen LogP contribution is -2.40. The molecular weight excluding hydrogens is 498 g/mol. The van der Waals surface area contributed by atoms with Gasteiger partial charge in [-0.05, 0) is 48.4 Å². The summed E-state index contributed by atoms with van der Waals surface area (Å²) in [7, 11) is 0. The van der Waals surface area contributed by atoms with Crippen molar-refractivity contribution < 1.29 is 13.6 Å².